The summed E-state index contributed by atoms with van der Waals surface area (Å²) in [6, 6.07) is 12.2. The van der Waals surface area contributed by atoms with Gasteiger partial charge in [-0.2, -0.15) is 0 Å². The second-order valence-electron chi connectivity index (χ2n) is 5.77. The normalized spacial score (nSPS) is 11.0. The van der Waals surface area contributed by atoms with E-state index in [4.69, 9.17) is 4.74 Å². The van der Waals surface area contributed by atoms with Gasteiger partial charge < -0.3 is 9.30 Å². The summed E-state index contributed by atoms with van der Waals surface area (Å²) in [4.78, 5) is 11.0. The maximum Gasteiger partial charge on any atom is 0.123 e. The molecular weight excluding hydrogens is 300 g/mol. The Morgan fingerprint density at radius 3 is 2.62 bits per heavy atom. The number of aryl methyl sites for hydroxylation is 1. The van der Waals surface area contributed by atoms with E-state index in [1.807, 2.05) is 49.9 Å². The Morgan fingerprint density at radius 2 is 1.92 bits per heavy atom. The van der Waals surface area contributed by atoms with Gasteiger partial charge in [0.2, 0.25) is 0 Å². The Bertz CT molecular complexity index is 770. The molecule has 0 spiro atoms. The topological polar surface area (TPSA) is 43.2 Å². The van der Waals surface area contributed by atoms with Gasteiger partial charge in [-0.15, -0.1) is 0 Å². The van der Waals surface area contributed by atoms with Crippen LogP contribution in [0, 0.1) is 0 Å². The number of benzene rings is 1. The highest BCUT2D eigenvalue weighted by Gasteiger charge is 2.13. The van der Waals surface area contributed by atoms with E-state index in [-0.39, 0.29) is 0 Å². The summed E-state index contributed by atoms with van der Waals surface area (Å²) < 4.78 is 7.55. The molecule has 0 N–H and O–H groups in total. The zero-order chi connectivity index (χ0) is 16.8. The molecule has 2 aromatic heterocycles. The number of nitrogens with zero attached hydrogens (tertiary/aromatic N) is 4. The lowest BCUT2D eigenvalue weighted by Crippen LogP contribution is -2.24. The minimum absolute atomic E-state index is 0.760. The molecule has 0 radical (unpaired) electrons. The van der Waals surface area contributed by atoms with Gasteiger partial charge in [-0.3, -0.25) is 9.88 Å². The van der Waals surface area contributed by atoms with Crippen LogP contribution in [0.15, 0.2) is 61.2 Å². The first-order valence-corrected chi connectivity index (χ1v) is 7.95. The quantitative estimate of drug-likeness (QED) is 0.670. The lowest BCUT2D eigenvalue weighted by molar-refractivity contribution is 0.235. The molecule has 124 valence electrons. The molecule has 2 heterocycles. The maximum atomic E-state index is 5.50. The molecule has 1 aromatic carbocycles. The second-order valence-corrected chi connectivity index (χ2v) is 5.77. The summed E-state index contributed by atoms with van der Waals surface area (Å²) in [6.45, 7) is 2.35. The highest BCUT2D eigenvalue weighted by atomic mass is 16.5. The molecule has 24 heavy (non-hydrogen) atoms. The maximum absolute atomic E-state index is 5.50. The number of ether oxygens (including phenoxy) is 1. The molecule has 5 nitrogen and oxygen atoms in total. The Labute approximate surface area is 142 Å². The van der Waals surface area contributed by atoms with Gasteiger partial charge in [-0.25, -0.2) is 4.98 Å². The van der Waals surface area contributed by atoms with Gasteiger partial charge in [0.25, 0.3) is 0 Å². The van der Waals surface area contributed by atoms with E-state index in [9.17, 15) is 0 Å². The van der Waals surface area contributed by atoms with E-state index in [0.717, 1.165) is 36.8 Å². The largest absolute Gasteiger partial charge is 0.496 e. The summed E-state index contributed by atoms with van der Waals surface area (Å²) in [5, 5.41) is 0. The SMILES string of the molecule is COc1ccccc1CN(Cc1cccnc1)Cc1nccn1C. The zero-order valence-corrected chi connectivity index (χ0v) is 14.1. The zero-order valence-electron chi connectivity index (χ0n) is 14.1. The fourth-order valence-electron chi connectivity index (χ4n) is 2.74. The third-order valence-electron chi connectivity index (χ3n) is 4.00. The van der Waals surface area contributed by atoms with Crippen molar-refractivity contribution < 1.29 is 4.74 Å². The highest BCUT2D eigenvalue weighted by Crippen LogP contribution is 2.21. The molecule has 0 saturated heterocycles. The third kappa shape index (κ3) is 4.00. The second kappa shape index (κ2) is 7.75. The fourth-order valence-corrected chi connectivity index (χ4v) is 2.74. The van der Waals surface area contributed by atoms with E-state index >= 15 is 0 Å². The molecule has 0 aliphatic carbocycles. The standard InChI is InChI=1S/C19H22N4O/c1-22-11-10-21-19(22)15-23(13-16-6-5-9-20-12-16)14-17-7-3-4-8-18(17)24-2/h3-12H,13-15H2,1-2H3. The van der Waals surface area contributed by atoms with Crippen molar-refractivity contribution in [3.63, 3.8) is 0 Å². The summed E-state index contributed by atoms with van der Waals surface area (Å²) in [5.41, 5.74) is 2.35. The Balaban J connectivity index is 1.82. The van der Waals surface area contributed by atoms with Gasteiger partial charge in [0.1, 0.15) is 11.6 Å². The molecule has 0 amide bonds. The molecule has 5 heteroatoms. The van der Waals surface area contributed by atoms with Crippen LogP contribution in [0.3, 0.4) is 0 Å². The summed E-state index contributed by atoms with van der Waals surface area (Å²) in [6.07, 6.45) is 7.52. The van der Waals surface area contributed by atoms with Crippen molar-refractivity contribution in [2.24, 2.45) is 7.05 Å². The number of pyridine rings is 1. The molecule has 0 fully saturated rings. The number of hydrogen-bond acceptors (Lipinski definition) is 4. The van der Waals surface area contributed by atoms with Crippen molar-refractivity contribution in [3.8, 4) is 5.75 Å². The van der Waals surface area contributed by atoms with Crippen LogP contribution in [0.25, 0.3) is 0 Å². The number of aromatic nitrogens is 3. The Morgan fingerprint density at radius 1 is 1.04 bits per heavy atom. The minimum atomic E-state index is 0.760. The number of methoxy groups -OCH3 is 1. The third-order valence-corrected chi connectivity index (χ3v) is 4.00. The monoisotopic (exact) mass is 322 g/mol. The highest BCUT2D eigenvalue weighted by molar-refractivity contribution is 5.33. The summed E-state index contributed by atoms with van der Waals surface area (Å²) in [7, 11) is 3.73. The smallest absolute Gasteiger partial charge is 0.123 e. The first-order valence-electron chi connectivity index (χ1n) is 7.95. The van der Waals surface area contributed by atoms with Gasteiger partial charge >= 0.3 is 0 Å². The molecular formula is C19H22N4O. The summed E-state index contributed by atoms with van der Waals surface area (Å²) >= 11 is 0. The van der Waals surface area contributed by atoms with Crippen LogP contribution in [0.1, 0.15) is 17.0 Å². The molecule has 0 unspecified atom stereocenters. The average Bonchev–Trinajstić information content (AvgIpc) is 3.01. The molecule has 0 bridgehead atoms. The van der Waals surface area contributed by atoms with Gasteiger partial charge in [0.15, 0.2) is 0 Å². The van der Waals surface area contributed by atoms with Crippen molar-refractivity contribution in [2.75, 3.05) is 7.11 Å². The molecule has 3 aromatic rings. The number of para-hydroxylation sites is 1. The van der Waals surface area contributed by atoms with Crippen LogP contribution >= 0.6 is 0 Å². The Kier molecular flexibility index (Phi) is 5.23. The predicted molar refractivity (Wildman–Crippen MR) is 93.4 cm³/mol. The lowest BCUT2D eigenvalue weighted by atomic mass is 10.1. The van der Waals surface area contributed by atoms with E-state index in [0.29, 0.717) is 0 Å². The van der Waals surface area contributed by atoms with E-state index in [1.54, 1.807) is 13.3 Å². The van der Waals surface area contributed by atoms with Crippen molar-refractivity contribution >= 4 is 0 Å². The first kappa shape index (κ1) is 16.2. The van der Waals surface area contributed by atoms with Crippen LogP contribution < -0.4 is 4.74 Å². The van der Waals surface area contributed by atoms with E-state index in [1.165, 1.54) is 5.56 Å². The van der Waals surface area contributed by atoms with Crippen LogP contribution in [-0.2, 0) is 26.7 Å². The van der Waals surface area contributed by atoms with Gasteiger partial charge in [0, 0.05) is 50.5 Å². The number of hydrogen-bond donors (Lipinski definition) is 0. The van der Waals surface area contributed by atoms with Crippen molar-refractivity contribution in [3.05, 3.63) is 78.1 Å². The van der Waals surface area contributed by atoms with Gasteiger partial charge in [0.05, 0.1) is 13.7 Å². The van der Waals surface area contributed by atoms with Crippen molar-refractivity contribution in [1.82, 2.24) is 19.4 Å². The van der Waals surface area contributed by atoms with Crippen LogP contribution in [0.5, 0.6) is 5.75 Å². The molecule has 3 rings (SSSR count). The van der Waals surface area contributed by atoms with Crippen LogP contribution in [0.4, 0.5) is 0 Å². The van der Waals surface area contributed by atoms with Crippen molar-refractivity contribution in [2.45, 2.75) is 19.6 Å². The molecule has 0 aliphatic heterocycles. The number of imidazole rings is 1. The van der Waals surface area contributed by atoms with Crippen LogP contribution in [-0.4, -0.2) is 26.5 Å². The van der Waals surface area contributed by atoms with Gasteiger partial charge in [-0.1, -0.05) is 24.3 Å². The molecule has 0 saturated carbocycles. The molecule has 0 atom stereocenters. The van der Waals surface area contributed by atoms with Crippen molar-refractivity contribution in [1.29, 1.82) is 0 Å². The fraction of sp³-hybridized carbons (Fsp3) is 0.263. The van der Waals surface area contributed by atoms with Gasteiger partial charge in [-0.05, 0) is 17.7 Å². The lowest BCUT2D eigenvalue weighted by Gasteiger charge is -2.23. The minimum Gasteiger partial charge on any atom is -0.496 e. The average molecular weight is 322 g/mol. The predicted octanol–water partition coefficient (Wildman–Crippen LogP) is 3.03. The Hall–Kier alpha value is -2.66. The van der Waals surface area contributed by atoms with Crippen LogP contribution in [0.2, 0.25) is 0 Å². The molecule has 0 aliphatic rings. The van der Waals surface area contributed by atoms with E-state index < -0.39 is 0 Å². The number of rotatable bonds is 7. The van der Waals surface area contributed by atoms with E-state index in [2.05, 4.69) is 31.6 Å². The summed E-state index contributed by atoms with van der Waals surface area (Å²) in [5.74, 6) is 1.95. The first-order chi connectivity index (χ1) is 11.8.